The molecule has 0 aromatic carbocycles. The van der Waals surface area contributed by atoms with Crippen LogP contribution in [0.15, 0.2) is 43.4 Å². The summed E-state index contributed by atoms with van der Waals surface area (Å²) in [4.78, 5) is 58.8. The number of nitrogens with one attached hydrogen (secondary N) is 3. The standard InChI is InChI=1S/C11H10N6O3.2C11H12N6O3.C3H9B.4C2H6.3C2H5.CH3O.6CH4.4CH3.4Y/c1-19-9-8-7(4-12-16-8)14-11(15-9)17-5-6(3-13-17)10(18)20-2;2*1-19-9-8(13)7(3-12)15-11(16-9)17-5-6(4-14-17)10(18)20-2;1-4(2)3;8*1-2;;;;;;;;;;;;;;/h3-5H,1-2H3,(H,12,16);2*3-5,12H,13H2,1-2H3;1-3H3;4*1-2H3;3*1H2,2H3;2H,1H2;6*1H4;4*1H3;;;;/q;;;;;;;;4*-1;;;;;;;4*-1;;;;. The fraction of sp³-hybridized carbons (Fsp3) is 0.426. The number of fused-ring (bicyclic) bond motifs is 1. The van der Waals surface area contributed by atoms with E-state index >= 15 is 0 Å². The minimum Gasteiger partial charge on any atom is -0.569 e. The fourth-order valence-corrected chi connectivity index (χ4v) is 4.66. The second kappa shape index (κ2) is 88.5. The zero-order chi connectivity index (χ0) is 63.1. The molecular weight excluding hydrogens is 1510 g/mol. The number of H-pyrrole nitrogens is 1. The van der Waals surface area contributed by atoms with Crippen molar-refractivity contribution in [3.05, 3.63) is 129 Å². The Kier molecular flexibility index (Phi) is 133. The molecule has 0 aliphatic heterocycles. The van der Waals surface area contributed by atoms with Crippen molar-refractivity contribution >= 4 is 59.5 Å². The minimum atomic E-state index is -0.522. The third-order valence-electron chi connectivity index (χ3n) is 7.59. The van der Waals surface area contributed by atoms with Crippen molar-refractivity contribution in [3.63, 3.8) is 0 Å². The summed E-state index contributed by atoms with van der Waals surface area (Å²) in [5.41, 5.74) is 14.1. The summed E-state index contributed by atoms with van der Waals surface area (Å²) in [6, 6.07) is 0. The number of esters is 3. The van der Waals surface area contributed by atoms with Gasteiger partial charge in [0.05, 0.1) is 84.1 Å². The van der Waals surface area contributed by atoms with Crippen LogP contribution in [0.1, 0.15) is 163 Å². The molecule has 0 unspecified atom stereocenters. The Balaban J connectivity index is -0.0000000435. The topological polar surface area (TPSA) is 386 Å². The van der Waals surface area contributed by atoms with E-state index in [9.17, 15) is 14.4 Å². The van der Waals surface area contributed by atoms with Crippen molar-refractivity contribution in [2.45, 2.75) is 141 Å². The summed E-state index contributed by atoms with van der Waals surface area (Å²) in [5, 5.41) is 39.8. The van der Waals surface area contributed by atoms with Crippen molar-refractivity contribution in [3.8, 4) is 35.5 Å². The number of aromatic nitrogens is 14. The molecule has 538 valence electrons. The van der Waals surface area contributed by atoms with Gasteiger partial charge in [0.25, 0.3) is 17.8 Å². The molecule has 7 aromatic rings. The zero-order valence-corrected chi connectivity index (χ0v) is 67.9. The van der Waals surface area contributed by atoms with Crippen molar-refractivity contribution < 1.29 is 179 Å². The SMILES string of the molecule is C.C.C.C.C.C.CB(C)C.CC.CC.CC.CC.COC(=O)c1cnn(-c2nc(C=N)c(N)c(OC)n2)c1.COC(=O)c1cnn(-c2nc(C=N)c(N)c(OC)n2)c1.COC(=O)c1cnn(-c2nc(OC)c3[nH]ncc3n2)c1.[CH2-]C.[CH2-]C.[CH2-]C.[CH2-]O.[CH3-].[CH3-].[CH3-].[CH3-].[Y].[Y].[Y].[Y]. The number of aromatic amines is 1. The molecule has 7 rings (SSSR count). The molecule has 7 aromatic heterocycles. The number of carbonyl (C=O) groups excluding carboxylic acids is 3. The van der Waals surface area contributed by atoms with Gasteiger partial charge in [0.1, 0.15) is 40.5 Å². The molecule has 0 fully saturated rings. The number of anilines is 2. The van der Waals surface area contributed by atoms with Gasteiger partial charge in [0.2, 0.25) is 17.6 Å². The number of nitrogen functional groups attached to an aromatic ring is 2. The molecule has 94 heavy (non-hydrogen) atoms. The number of hydrogen-bond donors (Lipinski definition) is 6. The van der Waals surface area contributed by atoms with Crippen LogP contribution in [0.3, 0.4) is 0 Å². The maximum Gasteiger partial charge on any atom is 0.341 e. The van der Waals surface area contributed by atoms with Gasteiger partial charge in [-0.3, -0.25) is 5.10 Å². The minimum absolute atomic E-state index is 0. The van der Waals surface area contributed by atoms with Crippen LogP contribution >= 0.6 is 0 Å². The summed E-state index contributed by atoms with van der Waals surface area (Å²) >= 11 is 0. The van der Waals surface area contributed by atoms with Crippen LogP contribution in [0, 0.1) is 68.4 Å². The first-order valence-electron chi connectivity index (χ1n) is 24.7. The van der Waals surface area contributed by atoms with Gasteiger partial charge in [0, 0.05) is 162 Å². The Morgan fingerprint density at radius 1 is 0.479 bits per heavy atom. The maximum absolute atomic E-state index is 11.4. The van der Waals surface area contributed by atoms with Gasteiger partial charge in [-0.15, -0.1) is 0 Å². The molecule has 4 radical (unpaired) electrons. The summed E-state index contributed by atoms with van der Waals surface area (Å²) < 4.78 is 32.9. The molecule has 0 aliphatic rings. The van der Waals surface area contributed by atoms with Crippen molar-refractivity contribution in [2.24, 2.45) is 0 Å². The summed E-state index contributed by atoms with van der Waals surface area (Å²) in [5.74, 6) is -0.394. The van der Waals surface area contributed by atoms with E-state index in [-0.39, 0.29) is 269 Å². The number of carbonyl (C=O) groups is 3. The number of hydrogen-bond acceptors (Lipinski definition) is 24. The molecular formula is C61H121BN18O10Y4-8. The van der Waals surface area contributed by atoms with E-state index in [0.717, 1.165) is 19.1 Å². The summed E-state index contributed by atoms with van der Waals surface area (Å²) in [7, 11) is 10.4. The van der Waals surface area contributed by atoms with Crippen LogP contribution in [0.2, 0.25) is 20.5 Å². The van der Waals surface area contributed by atoms with Crippen LogP contribution in [-0.2, 0) is 145 Å². The van der Waals surface area contributed by atoms with Crippen LogP contribution in [0.25, 0.3) is 28.9 Å². The molecule has 0 saturated heterocycles. The Labute approximate surface area is 671 Å². The van der Waals surface area contributed by atoms with Crippen LogP contribution in [-0.4, -0.2) is 154 Å². The Morgan fingerprint density at radius 2 is 0.713 bits per heavy atom. The predicted molar refractivity (Wildman–Crippen MR) is 381 cm³/mol. The first-order valence-corrected chi connectivity index (χ1v) is 24.7. The van der Waals surface area contributed by atoms with E-state index in [0.29, 0.717) is 22.5 Å². The molecule has 28 nitrogen and oxygen atoms in total. The molecule has 0 amide bonds. The molecule has 0 aliphatic carbocycles. The first-order chi connectivity index (χ1) is 38.7. The van der Waals surface area contributed by atoms with E-state index in [1.807, 2.05) is 55.4 Å². The normalized spacial score (nSPS) is 7.37. The zero-order valence-electron chi connectivity index (χ0n) is 56.5. The van der Waals surface area contributed by atoms with Gasteiger partial charge in [-0.1, -0.05) is 120 Å². The Morgan fingerprint density at radius 3 is 0.936 bits per heavy atom. The predicted octanol–water partition coefficient (Wildman–Crippen LogP) is 14.2. The maximum atomic E-state index is 11.4. The monoisotopic (exact) mass is 1630 g/mol. The van der Waals surface area contributed by atoms with Gasteiger partial charge >= 0.3 is 17.9 Å². The summed E-state index contributed by atoms with van der Waals surface area (Å²) in [6.45, 7) is 38.3. The molecule has 33 heteroatoms. The quantitative estimate of drug-likeness (QED) is 0.0230. The van der Waals surface area contributed by atoms with Crippen molar-refractivity contribution in [1.82, 2.24) is 69.4 Å². The average Bonchev–Trinajstić information content (AvgIpc) is 4.40. The smallest absolute Gasteiger partial charge is 0.341 e. The van der Waals surface area contributed by atoms with Gasteiger partial charge < -0.3 is 106 Å². The van der Waals surface area contributed by atoms with Gasteiger partial charge in [0.15, 0.2) is 0 Å². The van der Waals surface area contributed by atoms with Crippen molar-refractivity contribution in [1.29, 1.82) is 10.8 Å². The third-order valence-corrected chi connectivity index (χ3v) is 7.59. The van der Waals surface area contributed by atoms with E-state index < -0.39 is 17.9 Å². The van der Waals surface area contributed by atoms with Crippen molar-refractivity contribution in [2.75, 3.05) is 54.1 Å². The molecule has 8 N–H and O–H groups in total. The number of methoxy groups -OCH3 is 6. The first kappa shape index (κ1) is 141. The number of rotatable bonds is 11. The molecule has 0 atom stereocenters. The Bertz CT molecular complexity index is 2670. The number of aliphatic hydroxyl groups is 1. The van der Waals surface area contributed by atoms with Gasteiger partial charge in [-0.05, 0) is 0 Å². The van der Waals surface area contributed by atoms with Crippen LogP contribution in [0.4, 0.5) is 11.4 Å². The second-order valence-electron chi connectivity index (χ2n) is 12.8. The molecule has 0 bridgehead atoms. The van der Waals surface area contributed by atoms with E-state index in [2.05, 4.69) is 118 Å². The average molecular weight is 1630 g/mol. The molecule has 0 saturated carbocycles. The number of nitrogens with zero attached hydrogens (tertiary/aromatic N) is 13. The van der Waals surface area contributed by atoms with E-state index in [1.165, 1.54) is 93.9 Å². The number of aliphatic hydroxyl groups excluding tert-OH is 1. The van der Waals surface area contributed by atoms with E-state index in [4.69, 9.17) is 41.6 Å². The second-order valence-corrected chi connectivity index (χ2v) is 12.8. The van der Waals surface area contributed by atoms with Crippen LogP contribution < -0.4 is 25.7 Å². The fourth-order valence-electron chi connectivity index (χ4n) is 4.66. The van der Waals surface area contributed by atoms with Gasteiger partial charge in [-0.25, -0.2) is 50.5 Å². The van der Waals surface area contributed by atoms with Crippen LogP contribution in [0.5, 0.6) is 17.6 Å². The summed E-state index contributed by atoms with van der Waals surface area (Å²) in [6.07, 6.45) is 11.8. The third kappa shape index (κ3) is 48.3. The largest absolute Gasteiger partial charge is 0.569 e. The Hall–Kier alpha value is -4.47. The van der Waals surface area contributed by atoms with Gasteiger partial charge in [-0.2, -0.15) is 56.1 Å². The van der Waals surface area contributed by atoms with E-state index in [1.54, 1.807) is 27.0 Å². The molecule has 7 heterocycles. The number of ether oxygens (including phenoxy) is 6. The number of nitrogens with two attached hydrogens (primary N) is 2. The molecule has 0 spiro atoms.